The molecular weight excluding hydrogens is 883 g/mol. The van der Waals surface area contributed by atoms with Crippen LogP contribution in [0.2, 0.25) is 10.0 Å². The van der Waals surface area contributed by atoms with Crippen LogP contribution in [0.5, 0.6) is 5.75 Å². The van der Waals surface area contributed by atoms with Crippen molar-refractivity contribution in [2.24, 2.45) is 0 Å². The van der Waals surface area contributed by atoms with Crippen molar-refractivity contribution in [3.05, 3.63) is 99.7 Å². The maximum absolute atomic E-state index is 12.8. The van der Waals surface area contributed by atoms with Crippen LogP contribution in [0.3, 0.4) is 0 Å². The van der Waals surface area contributed by atoms with Gasteiger partial charge in [0.2, 0.25) is 17.7 Å². The zero-order valence-electron chi connectivity index (χ0n) is 36.8. The molecule has 0 radical (unpaired) electrons. The van der Waals surface area contributed by atoms with E-state index in [-0.39, 0.29) is 48.2 Å². The lowest BCUT2D eigenvalue weighted by molar-refractivity contribution is -0.135. The number of nitrogens with one attached hydrogen (secondary N) is 4. The van der Waals surface area contributed by atoms with E-state index in [1.165, 1.54) is 0 Å². The van der Waals surface area contributed by atoms with Crippen molar-refractivity contribution in [2.75, 3.05) is 38.5 Å². The summed E-state index contributed by atoms with van der Waals surface area (Å²) in [5, 5.41) is 34.0. The average molecular weight is 938 g/mol. The lowest BCUT2D eigenvalue weighted by atomic mass is 9.92. The molecule has 18 heteroatoms. The van der Waals surface area contributed by atoms with Crippen LogP contribution < -0.4 is 21.7 Å². The number of carbonyl (C=O) groups excluding carboxylic acids is 4. The zero-order valence-corrected chi connectivity index (χ0v) is 38.3. The van der Waals surface area contributed by atoms with E-state index in [9.17, 15) is 29.4 Å². The van der Waals surface area contributed by atoms with Crippen LogP contribution in [0.25, 0.3) is 44.4 Å². The number of nitrogens with two attached hydrogens (primary N) is 1. The average Bonchev–Trinajstić information content (AvgIpc) is 3.96. The molecule has 0 aliphatic carbocycles. The Morgan fingerprint density at radius 3 is 2.32 bits per heavy atom. The highest BCUT2D eigenvalue weighted by Gasteiger charge is 2.28. The number of nitrogen functional groups attached to an aromatic ring is 1. The van der Waals surface area contributed by atoms with Gasteiger partial charge < -0.3 is 41.8 Å². The van der Waals surface area contributed by atoms with E-state index in [4.69, 9.17) is 28.9 Å². The van der Waals surface area contributed by atoms with Gasteiger partial charge in [-0.2, -0.15) is 5.10 Å². The number of hydrogen-bond donors (Lipinski definition) is 7. The number of benzene rings is 2. The summed E-state index contributed by atoms with van der Waals surface area (Å²) in [5.74, 6) is -0.349. The first kappa shape index (κ1) is 47.5. The number of aromatic nitrogens is 5. The fourth-order valence-corrected chi connectivity index (χ4v) is 8.77. The molecule has 0 unspecified atom stereocenters. The first-order valence-corrected chi connectivity index (χ1v) is 23.0. The first-order valence-electron chi connectivity index (χ1n) is 22.2. The molecule has 0 bridgehead atoms. The van der Waals surface area contributed by atoms with Crippen molar-refractivity contribution in [3.8, 4) is 39.3 Å². The van der Waals surface area contributed by atoms with Gasteiger partial charge in [0.1, 0.15) is 30.4 Å². The van der Waals surface area contributed by atoms with Crippen molar-refractivity contribution in [2.45, 2.75) is 77.8 Å². The van der Waals surface area contributed by atoms with E-state index in [0.717, 1.165) is 88.5 Å². The van der Waals surface area contributed by atoms with Gasteiger partial charge in [-0.15, -0.1) is 0 Å². The second kappa shape index (κ2) is 22.1. The quantitative estimate of drug-likeness (QED) is 0.0406. The lowest BCUT2D eigenvalue weighted by Crippen LogP contribution is -2.37. The fraction of sp³-hybridized carbons (Fsp3) is 0.354. The maximum Gasteiger partial charge on any atom is 0.269 e. The zero-order chi connectivity index (χ0) is 46.7. The molecule has 2 aromatic carbocycles. The molecule has 4 amide bonds. The summed E-state index contributed by atoms with van der Waals surface area (Å²) in [5.41, 5.74) is 14.7. The van der Waals surface area contributed by atoms with E-state index in [0.29, 0.717) is 72.5 Å². The molecule has 0 fully saturated rings. The number of aromatic hydroxyl groups is 1. The van der Waals surface area contributed by atoms with E-state index >= 15 is 0 Å². The topological polar surface area (TPSA) is 233 Å². The number of hydrogen-bond acceptors (Lipinski definition) is 10. The third-order valence-electron chi connectivity index (χ3n) is 11.8. The number of amides is 4. The Morgan fingerprint density at radius 1 is 0.848 bits per heavy atom. The van der Waals surface area contributed by atoms with Crippen molar-refractivity contribution < 1.29 is 29.4 Å². The third-order valence-corrected chi connectivity index (χ3v) is 12.6. The number of nitrogens with zero attached hydrogens (tertiary/aromatic N) is 5. The van der Waals surface area contributed by atoms with Gasteiger partial charge in [-0.05, 0) is 60.7 Å². The number of aliphatic hydroxyl groups excluding tert-OH is 1. The fourth-order valence-electron chi connectivity index (χ4n) is 8.37. The Bertz CT molecular complexity index is 2700. The van der Waals surface area contributed by atoms with Gasteiger partial charge >= 0.3 is 0 Å². The minimum atomic E-state index is -0.559. The number of fused-ring (bicyclic) bond motifs is 3. The largest absolute Gasteiger partial charge is 0.508 e. The summed E-state index contributed by atoms with van der Waals surface area (Å²) in [6.45, 7) is 3.43. The second-order valence-electron chi connectivity index (χ2n) is 16.2. The minimum Gasteiger partial charge on any atom is -0.508 e. The van der Waals surface area contributed by atoms with Crippen LogP contribution in [0.4, 0.5) is 5.82 Å². The normalized spacial score (nSPS) is 12.3. The van der Waals surface area contributed by atoms with E-state index in [1.54, 1.807) is 64.6 Å². The summed E-state index contributed by atoms with van der Waals surface area (Å²) in [6, 6.07) is 13.9. The van der Waals surface area contributed by atoms with Crippen molar-refractivity contribution in [1.29, 1.82) is 0 Å². The van der Waals surface area contributed by atoms with Crippen LogP contribution in [0.1, 0.15) is 79.2 Å². The summed E-state index contributed by atoms with van der Waals surface area (Å²) in [6.07, 6.45) is 12.2. The monoisotopic (exact) mass is 936 g/mol. The van der Waals surface area contributed by atoms with Crippen LogP contribution in [0.15, 0.2) is 67.1 Å². The number of H-pyrrole nitrogens is 1. The Balaban J connectivity index is 0.756. The molecule has 1 aliphatic rings. The summed E-state index contributed by atoms with van der Waals surface area (Å²) in [4.78, 5) is 64.0. The molecular formula is C48H54Cl2N10O6. The number of aromatic amines is 1. The summed E-state index contributed by atoms with van der Waals surface area (Å²) < 4.78 is 1.57. The number of rotatable bonds is 20. The number of phenolic OH excluding ortho intramolecular Hbond substituents is 1. The Labute approximate surface area is 392 Å². The molecule has 0 spiro atoms. The number of aliphatic hydroxyl groups is 1. The van der Waals surface area contributed by atoms with Crippen molar-refractivity contribution >= 4 is 63.6 Å². The first-order chi connectivity index (χ1) is 31.9. The van der Waals surface area contributed by atoms with Gasteiger partial charge in [0, 0.05) is 103 Å². The number of halogens is 2. The molecule has 16 nitrogen and oxygen atoms in total. The molecule has 0 atom stereocenters. The molecule has 5 heterocycles. The number of phenols is 1. The highest BCUT2D eigenvalue weighted by atomic mass is 35.5. The van der Waals surface area contributed by atoms with E-state index < -0.39 is 6.61 Å². The number of anilines is 1. The van der Waals surface area contributed by atoms with Crippen LogP contribution in [-0.2, 0) is 40.3 Å². The van der Waals surface area contributed by atoms with Gasteiger partial charge in [0.25, 0.3) is 5.91 Å². The minimum absolute atomic E-state index is 0.0455. The maximum atomic E-state index is 12.8. The lowest BCUT2D eigenvalue weighted by Gasteiger charge is -2.26. The van der Waals surface area contributed by atoms with Gasteiger partial charge in [0.05, 0.1) is 21.3 Å². The van der Waals surface area contributed by atoms with E-state index in [2.05, 4.69) is 36.0 Å². The second-order valence-corrected chi connectivity index (χ2v) is 17.0. The van der Waals surface area contributed by atoms with E-state index in [1.807, 2.05) is 19.1 Å². The molecule has 0 saturated carbocycles. The highest BCUT2D eigenvalue weighted by molar-refractivity contribution is 6.45. The number of unbranched alkanes of at least 4 members (excludes halogenated alkanes) is 5. The Morgan fingerprint density at radius 2 is 1.58 bits per heavy atom. The highest BCUT2D eigenvalue weighted by Crippen LogP contribution is 2.42. The third kappa shape index (κ3) is 11.3. The van der Waals surface area contributed by atoms with Gasteiger partial charge in [-0.3, -0.25) is 28.8 Å². The predicted octanol–water partition coefficient (Wildman–Crippen LogP) is 6.58. The molecule has 0 saturated heterocycles. The standard InChI is InChI=1S/C48H54Cl2N10O6/c1-2-32-34(25-56-47(51)43(32)29-10-13-31(62)14-11-29)30-12-15-39(55-24-30)48(66)54-20-19-53-40(63)9-7-5-3-4-6-8-18-52-41(64)27-60-22-17-38(58-60)33-23-36(49)45(50)46-44(33)35-26-59(42(65)28-61)21-16-37(35)57-46/h10-15,17,22-25,57,61-62H,2-9,16,18-21,26-28H2,1H3,(H2,51,56)(H,52,64)(H,53,63)(H,54,66). The molecule has 7 rings (SSSR count). The Kier molecular flexibility index (Phi) is 15.9. The molecule has 346 valence electrons. The summed E-state index contributed by atoms with van der Waals surface area (Å²) >= 11 is 13.1. The van der Waals surface area contributed by atoms with Gasteiger partial charge in [-0.1, -0.05) is 74.0 Å². The van der Waals surface area contributed by atoms with Crippen molar-refractivity contribution in [1.82, 2.24) is 45.6 Å². The molecule has 8 N–H and O–H groups in total. The molecule has 66 heavy (non-hydrogen) atoms. The van der Waals surface area contributed by atoms with Crippen LogP contribution >= 0.6 is 23.2 Å². The predicted molar refractivity (Wildman–Crippen MR) is 255 cm³/mol. The van der Waals surface area contributed by atoms with Crippen LogP contribution in [-0.4, -0.2) is 96.3 Å². The van der Waals surface area contributed by atoms with Gasteiger partial charge in [0.15, 0.2) is 0 Å². The van der Waals surface area contributed by atoms with Gasteiger partial charge in [-0.25, -0.2) is 4.98 Å². The van der Waals surface area contributed by atoms with Crippen molar-refractivity contribution in [3.63, 3.8) is 0 Å². The molecule has 6 aromatic rings. The molecule has 4 aromatic heterocycles. The smallest absolute Gasteiger partial charge is 0.269 e. The SMILES string of the molecule is CCc1c(-c2ccc(C(=O)NCCNC(=O)CCCCCCCCNC(=O)Cn3ccc(-c4cc(Cl)c(Cl)c5[nH]c6c(c45)CN(C(=O)CO)CC6)n3)nc2)cnc(N)c1-c1ccc(O)cc1. The van der Waals surface area contributed by atoms with Crippen LogP contribution in [0, 0.1) is 0 Å². The number of carbonyl (C=O) groups is 4. The molecule has 1 aliphatic heterocycles. The number of pyridine rings is 2. The summed E-state index contributed by atoms with van der Waals surface area (Å²) in [7, 11) is 0. The Hall–Kier alpha value is -6.49.